The zero-order valence-corrected chi connectivity index (χ0v) is 25.0. The zero-order valence-electron chi connectivity index (χ0n) is 25.0. The van der Waals surface area contributed by atoms with Crippen molar-refractivity contribution in [2.45, 2.75) is 64.0 Å². The van der Waals surface area contributed by atoms with Crippen LogP contribution in [0.2, 0.25) is 0 Å². The number of halogens is 3. The van der Waals surface area contributed by atoms with Crippen LogP contribution >= 0.6 is 0 Å². The molecule has 0 aliphatic carbocycles. The molecule has 12 heteroatoms. The molecule has 1 fully saturated rings. The largest absolute Gasteiger partial charge is 0.495 e. The molecular formula is C32H38F3N5O4. The van der Waals surface area contributed by atoms with Gasteiger partial charge in [-0.15, -0.1) is 0 Å². The van der Waals surface area contributed by atoms with Crippen molar-refractivity contribution >= 4 is 23.6 Å². The number of unbranched alkanes of at least 4 members (excludes halogenated alkanes) is 1. The highest BCUT2D eigenvalue weighted by atomic mass is 19.4. The molecule has 0 spiro atoms. The van der Waals surface area contributed by atoms with Crippen molar-refractivity contribution in [3.05, 3.63) is 76.6 Å². The Hall–Kier alpha value is -4.35. The van der Waals surface area contributed by atoms with E-state index in [1.807, 2.05) is 19.1 Å². The van der Waals surface area contributed by atoms with Crippen molar-refractivity contribution in [1.29, 1.82) is 0 Å². The Kier molecular flexibility index (Phi) is 11.0. The number of nitrogens with two attached hydrogens (primary N) is 1. The maximum Gasteiger partial charge on any atom is 0.419 e. The highest BCUT2D eigenvalue weighted by Gasteiger charge is 2.35. The molecule has 1 saturated heterocycles. The number of nitrogens with zero attached hydrogens (tertiary/aromatic N) is 3. The lowest BCUT2D eigenvalue weighted by Gasteiger charge is -2.31. The second-order valence-corrected chi connectivity index (χ2v) is 10.8. The summed E-state index contributed by atoms with van der Waals surface area (Å²) in [4.78, 5) is 33.7. The number of aryl methyl sites for hydroxylation is 2. The number of anilines is 2. The van der Waals surface area contributed by atoms with Crippen molar-refractivity contribution in [3.63, 3.8) is 0 Å². The van der Waals surface area contributed by atoms with E-state index in [4.69, 9.17) is 15.2 Å². The highest BCUT2D eigenvalue weighted by molar-refractivity contribution is 5.77. The van der Waals surface area contributed by atoms with Crippen molar-refractivity contribution in [2.75, 3.05) is 32.1 Å². The first kappa shape index (κ1) is 32.6. The van der Waals surface area contributed by atoms with Gasteiger partial charge in [0, 0.05) is 19.3 Å². The number of hydrogen-bond donors (Lipinski definition) is 2. The maximum absolute atomic E-state index is 13.9. The van der Waals surface area contributed by atoms with Crippen LogP contribution in [0.5, 0.6) is 5.75 Å². The Morgan fingerprint density at radius 3 is 2.48 bits per heavy atom. The lowest BCUT2D eigenvalue weighted by atomic mass is 9.89. The van der Waals surface area contributed by atoms with Crippen LogP contribution in [-0.2, 0) is 35.0 Å². The third kappa shape index (κ3) is 8.61. The van der Waals surface area contributed by atoms with E-state index in [-0.39, 0.29) is 42.9 Å². The van der Waals surface area contributed by atoms with Crippen molar-refractivity contribution in [1.82, 2.24) is 14.9 Å². The summed E-state index contributed by atoms with van der Waals surface area (Å²) in [7, 11) is 1.52. The van der Waals surface area contributed by atoms with E-state index in [1.165, 1.54) is 7.11 Å². The quantitative estimate of drug-likeness (QED) is 0.234. The summed E-state index contributed by atoms with van der Waals surface area (Å²) in [5.41, 5.74) is 7.19. The van der Waals surface area contributed by atoms with Crippen molar-refractivity contribution < 1.29 is 32.2 Å². The molecule has 9 nitrogen and oxygen atoms in total. The first-order chi connectivity index (χ1) is 21.1. The lowest BCUT2D eigenvalue weighted by molar-refractivity contribution is -0.138. The van der Waals surface area contributed by atoms with Crippen LogP contribution in [0.1, 0.15) is 66.5 Å². The fraction of sp³-hybridized carbons (Fsp3) is 0.438. The van der Waals surface area contributed by atoms with Gasteiger partial charge >= 0.3 is 12.3 Å². The van der Waals surface area contributed by atoms with Gasteiger partial charge in [-0.3, -0.25) is 4.79 Å². The molecule has 1 aliphatic rings. The van der Waals surface area contributed by atoms with Gasteiger partial charge in [-0.1, -0.05) is 43.7 Å². The van der Waals surface area contributed by atoms with Crippen LogP contribution < -0.4 is 15.8 Å². The highest BCUT2D eigenvalue weighted by Crippen LogP contribution is 2.36. The number of carbonyl (C=O) groups excluding carboxylic acids is 2. The molecule has 2 aromatic carbocycles. The Bertz CT molecular complexity index is 1440. The molecule has 2 amide bonds. The molecule has 0 bridgehead atoms. The number of carbonyl (C=O) groups is 2. The van der Waals surface area contributed by atoms with E-state index >= 15 is 0 Å². The van der Waals surface area contributed by atoms with Crippen LogP contribution in [0.3, 0.4) is 0 Å². The number of ether oxygens (including phenoxy) is 2. The molecule has 1 aromatic heterocycles. The van der Waals surface area contributed by atoms with Crippen molar-refractivity contribution in [3.8, 4) is 5.75 Å². The van der Waals surface area contributed by atoms with Gasteiger partial charge in [0.2, 0.25) is 11.9 Å². The van der Waals surface area contributed by atoms with Crippen LogP contribution in [0, 0.1) is 0 Å². The zero-order chi connectivity index (χ0) is 31.7. The summed E-state index contributed by atoms with van der Waals surface area (Å²) in [6.45, 7) is 3.65. The summed E-state index contributed by atoms with van der Waals surface area (Å²) in [6, 6.07) is 12.6. The number of piperidine rings is 1. The SMILES string of the molecule is CCCCOC(=O)N1CCC(c2ccc(Nc3ncc(C(F)(F)F)c(CCc4ccccc4CC(N)=O)n3)c(OC)c2)CC1. The fourth-order valence-electron chi connectivity index (χ4n) is 5.30. The van der Waals surface area contributed by atoms with E-state index in [2.05, 4.69) is 15.3 Å². The molecule has 0 saturated carbocycles. The summed E-state index contributed by atoms with van der Waals surface area (Å²) < 4.78 is 52.5. The van der Waals surface area contributed by atoms with Gasteiger partial charge in [-0.05, 0) is 66.8 Å². The molecular weight excluding hydrogens is 575 g/mol. The van der Waals surface area contributed by atoms with Crippen molar-refractivity contribution in [2.24, 2.45) is 5.73 Å². The number of primary amides is 1. The third-order valence-electron chi connectivity index (χ3n) is 7.71. The molecule has 2 heterocycles. The lowest BCUT2D eigenvalue weighted by Crippen LogP contribution is -2.38. The third-order valence-corrected chi connectivity index (χ3v) is 7.71. The predicted molar refractivity (Wildman–Crippen MR) is 160 cm³/mol. The Labute approximate surface area is 255 Å². The first-order valence-corrected chi connectivity index (χ1v) is 14.7. The minimum Gasteiger partial charge on any atom is -0.495 e. The first-order valence-electron chi connectivity index (χ1n) is 14.7. The summed E-state index contributed by atoms with van der Waals surface area (Å²) in [5, 5.41) is 3.01. The average molecular weight is 614 g/mol. The number of amides is 2. The molecule has 44 heavy (non-hydrogen) atoms. The number of rotatable bonds is 12. The smallest absolute Gasteiger partial charge is 0.419 e. The topological polar surface area (TPSA) is 120 Å². The van der Waals surface area contributed by atoms with Crippen LogP contribution in [-0.4, -0.2) is 53.7 Å². The van der Waals surface area contributed by atoms with Gasteiger partial charge in [-0.25, -0.2) is 14.8 Å². The number of methoxy groups -OCH3 is 1. The molecule has 0 unspecified atom stereocenters. The number of aromatic nitrogens is 2. The minimum atomic E-state index is -4.64. The van der Waals surface area contributed by atoms with Gasteiger partial charge in [0.05, 0.1) is 37.1 Å². The average Bonchev–Trinajstić information content (AvgIpc) is 3.00. The van der Waals surface area contributed by atoms with Gasteiger partial charge in [0.25, 0.3) is 0 Å². The molecule has 3 N–H and O–H groups in total. The number of benzene rings is 2. The van der Waals surface area contributed by atoms with E-state index in [9.17, 15) is 22.8 Å². The van der Waals surface area contributed by atoms with Gasteiger partial charge in [0.1, 0.15) is 5.75 Å². The fourth-order valence-corrected chi connectivity index (χ4v) is 5.30. The summed E-state index contributed by atoms with van der Waals surface area (Å²) in [6.07, 6.45) is -0.585. The molecule has 0 radical (unpaired) electrons. The number of alkyl halides is 3. The van der Waals surface area contributed by atoms with Gasteiger partial charge in [-0.2, -0.15) is 13.2 Å². The minimum absolute atomic E-state index is 0.000588. The molecule has 3 aromatic rings. The monoisotopic (exact) mass is 613 g/mol. The van der Waals surface area contributed by atoms with E-state index < -0.39 is 17.6 Å². The summed E-state index contributed by atoms with van der Waals surface area (Å²) >= 11 is 0. The van der Waals surface area contributed by atoms with E-state index in [0.717, 1.165) is 43.0 Å². The standard InChI is InChI=1S/C32H38F3N5O4/c1-3-4-17-44-31(42)40-15-13-22(14-16-40)24-10-12-27(28(18-24)43-2)39-30-37-20-25(32(33,34)35)26(38-30)11-9-21-7-5-6-8-23(21)19-29(36)41/h5-8,10,12,18,20,22H,3-4,9,11,13-17,19H2,1-2H3,(H2,36,41)(H,37,38,39). The molecule has 4 rings (SSSR count). The number of nitrogens with one attached hydrogen (secondary N) is 1. The summed E-state index contributed by atoms with van der Waals surface area (Å²) in [5.74, 6) is 0.188. The van der Waals surface area contributed by atoms with Gasteiger partial charge < -0.3 is 25.4 Å². The van der Waals surface area contributed by atoms with E-state index in [0.29, 0.717) is 36.7 Å². The second-order valence-electron chi connectivity index (χ2n) is 10.8. The van der Waals surface area contributed by atoms with Gasteiger partial charge in [0.15, 0.2) is 0 Å². The molecule has 236 valence electrons. The number of likely N-dealkylation sites (tertiary alicyclic amines) is 1. The second kappa shape index (κ2) is 14.9. The molecule has 1 aliphatic heterocycles. The predicted octanol–water partition coefficient (Wildman–Crippen LogP) is 6.18. The Balaban J connectivity index is 1.47. The van der Waals surface area contributed by atoms with Crippen LogP contribution in [0.15, 0.2) is 48.7 Å². The molecule has 0 atom stereocenters. The van der Waals surface area contributed by atoms with Crippen LogP contribution in [0.25, 0.3) is 0 Å². The van der Waals surface area contributed by atoms with Crippen LogP contribution in [0.4, 0.5) is 29.6 Å². The normalized spacial score (nSPS) is 13.9. The Morgan fingerprint density at radius 2 is 1.82 bits per heavy atom. The number of hydrogen-bond acceptors (Lipinski definition) is 7. The Morgan fingerprint density at radius 1 is 1.09 bits per heavy atom. The maximum atomic E-state index is 13.9. The van der Waals surface area contributed by atoms with E-state index in [1.54, 1.807) is 35.2 Å².